The summed E-state index contributed by atoms with van der Waals surface area (Å²) in [6, 6.07) is 8.56. The standard InChI is InChI=1S/C23H32N6O3/c1-23(2,3)32-21(31)19(24)14-27-20(30)16-7-9-18(10-8-16)29-13-4-6-17(15-29)28-22-25-11-5-12-26-22/h5,7-12,17,19H,4,6,13-15,24H2,1-3H3,(H,27,30)(H,25,26,28)/t17-,19-/m0/s1. The number of benzene rings is 1. The third kappa shape index (κ3) is 6.91. The highest BCUT2D eigenvalue weighted by Gasteiger charge is 2.23. The Hall–Kier alpha value is -3.20. The molecule has 0 spiro atoms. The number of piperidine rings is 1. The number of hydrogen-bond donors (Lipinski definition) is 3. The Morgan fingerprint density at radius 2 is 1.91 bits per heavy atom. The number of anilines is 2. The summed E-state index contributed by atoms with van der Waals surface area (Å²) in [5, 5.41) is 6.08. The van der Waals surface area contributed by atoms with Crippen molar-refractivity contribution < 1.29 is 14.3 Å². The topological polar surface area (TPSA) is 122 Å². The summed E-state index contributed by atoms with van der Waals surface area (Å²) in [5.74, 6) is -0.187. The number of aromatic nitrogens is 2. The summed E-state index contributed by atoms with van der Waals surface area (Å²) in [6.07, 6.45) is 5.54. The van der Waals surface area contributed by atoms with Crippen LogP contribution in [0.1, 0.15) is 44.0 Å². The SMILES string of the molecule is CC(C)(C)OC(=O)[C@@H](N)CNC(=O)c1ccc(N2CCC[C@H](Nc3ncccn3)C2)cc1. The highest BCUT2D eigenvalue weighted by Crippen LogP contribution is 2.22. The van der Waals surface area contributed by atoms with Crippen molar-refractivity contribution >= 4 is 23.5 Å². The van der Waals surface area contributed by atoms with Crippen LogP contribution in [-0.2, 0) is 9.53 Å². The van der Waals surface area contributed by atoms with Crippen molar-refractivity contribution in [2.24, 2.45) is 5.73 Å². The van der Waals surface area contributed by atoms with Crippen LogP contribution in [0.4, 0.5) is 11.6 Å². The number of rotatable bonds is 7. The molecule has 2 heterocycles. The number of nitrogens with zero attached hydrogens (tertiary/aromatic N) is 3. The minimum Gasteiger partial charge on any atom is -0.459 e. The van der Waals surface area contributed by atoms with Crippen LogP contribution < -0.4 is 21.3 Å². The molecule has 9 nitrogen and oxygen atoms in total. The van der Waals surface area contributed by atoms with Crippen LogP contribution in [0.3, 0.4) is 0 Å². The Bertz CT molecular complexity index is 898. The Labute approximate surface area is 188 Å². The van der Waals surface area contributed by atoms with E-state index in [1.165, 1.54) is 0 Å². The molecule has 1 fully saturated rings. The van der Waals surface area contributed by atoms with Gasteiger partial charge in [-0.25, -0.2) is 9.97 Å². The molecule has 2 atom stereocenters. The van der Waals surface area contributed by atoms with Gasteiger partial charge in [0.25, 0.3) is 5.91 Å². The largest absolute Gasteiger partial charge is 0.459 e. The summed E-state index contributed by atoms with van der Waals surface area (Å²) in [6.45, 7) is 7.10. The van der Waals surface area contributed by atoms with Gasteiger partial charge >= 0.3 is 5.97 Å². The van der Waals surface area contributed by atoms with E-state index < -0.39 is 17.6 Å². The lowest BCUT2D eigenvalue weighted by Crippen LogP contribution is -2.45. The zero-order chi connectivity index (χ0) is 23.1. The Balaban J connectivity index is 1.51. The molecule has 4 N–H and O–H groups in total. The molecule has 0 bridgehead atoms. The second-order valence-electron chi connectivity index (χ2n) is 8.90. The van der Waals surface area contributed by atoms with Crippen molar-refractivity contribution in [3.05, 3.63) is 48.3 Å². The highest BCUT2D eigenvalue weighted by molar-refractivity contribution is 5.94. The molecule has 9 heteroatoms. The molecule has 1 aliphatic rings. The van der Waals surface area contributed by atoms with E-state index in [1.807, 2.05) is 12.1 Å². The number of carbonyl (C=O) groups excluding carboxylic acids is 2. The van der Waals surface area contributed by atoms with Gasteiger partial charge in [-0.15, -0.1) is 0 Å². The van der Waals surface area contributed by atoms with E-state index in [2.05, 4.69) is 25.5 Å². The lowest BCUT2D eigenvalue weighted by Gasteiger charge is -2.34. The Kier molecular flexibility index (Phi) is 7.63. The lowest BCUT2D eigenvalue weighted by atomic mass is 10.0. The van der Waals surface area contributed by atoms with E-state index >= 15 is 0 Å². The van der Waals surface area contributed by atoms with Gasteiger partial charge in [-0.1, -0.05) is 0 Å². The molecule has 0 unspecified atom stereocenters. The first-order valence-corrected chi connectivity index (χ1v) is 10.9. The highest BCUT2D eigenvalue weighted by atomic mass is 16.6. The molecular formula is C23H32N6O3. The molecule has 2 aromatic rings. The zero-order valence-electron chi connectivity index (χ0n) is 18.9. The summed E-state index contributed by atoms with van der Waals surface area (Å²) < 4.78 is 5.23. The van der Waals surface area contributed by atoms with E-state index in [-0.39, 0.29) is 18.5 Å². The summed E-state index contributed by atoms with van der Waals surface area (Å²) >= 11 is 0. The van der Waals surface area contributed by atoms with Gasteiger partial charge in [0, 0.05) is 49.3 Å². The van der Waals surface area contributed by atoms with Gasteiger partial charge in [-0.2, -0.15) is 0 Å². The number of esters is 1. The van der Waals surface area contributed by atoms with Crippen LogP contribution in [0.15, 0.2) is 42.7 Å². The average Bonchev–Trinajstić information content (AvgIpc) is 2.77. The molecule has 0 saturated carbocycles. The third-order valence-corrected chi connectivity index (χ3v) is 5.01. The first kappa shape index (κ1) is 23.5. The molecule has 1 aromatic carbocycles. The van der Waals surface area contributed by atoms with E-state index in [4.69, 9.17) is 10.5 Å². The molecule has 172 valence electrons. The van der Waals surface area contributed by atoms with Crippen LogP contribution >= 0.6 is 0 Å². The van der Waals surface area contributed by atoms with Crippen LogP contribution in [0.5, 0.6) is 0 Å². The zero-order valence-corrected chi connectivity index (χ0v) is 18.9. The van der Waals surface area contributed by atoms with Crippen LogP contribution in [0, 0.1) is 0 Å². The molecule has 32 heavy (non-hydrogen) atoms. The fourth-order valence-corrected chi connectivity index (χ4v) is 3.47. The predicted octanol–water partition coefficient (Wildman–Crippen LogP) is 1.96. The minimum absolute atomic E-state index is 0.0104. The second kappa shape index (κ2) is 10.4. The van der Waals surface area contributed by atoms with Gasteiger partial charge in [0.05, 0.1) is 0 Å². The maximum atomic E-state index is 12.4. The number of nitrogens with two attached hydrogens (primary N) is 1. The number of carbonyl (C=O) groups is 2. The molecule has 1 aromatic heterocycles. The summed E-state index contributed by atoms with van der Waals surface area (Å²) in [5.41, 5.74) is 6.77. The number of ether oxygens (including phenoxy) is 1. The van der Waals surface area contributed by atoms with E-state index in [0.717, 1.165) is 31.6 Å². The first-order chi connectivity index (χ1) is 15.2. The van der Waals surface area contributed by atoms with Gasteiger partial charge in [0.2, 0.25) is 5.95 Å². The van der Waals surface area contributed by atoms with Gasteiger partial charge in [-0.05, 0) is 63.9 Å². The number of amides is 1. The van der Waals surface area contributed by atoms with Crippen molar-refractivity contribution in [3.63, 3.8) is 0 Å². The number of nitrogens with one attached hydrogen (secondary N) is 2. The maximum absolute atomic E-state index is 12.4. The van der Waals surface area contributed by atoms with E-state index in [9.17, 15) is 9.59 Å². The average molecular weight is 441 g/mol. The number of hydrogen-bond acceptors (Lipinski definition) is 8. The van der Waals surface area contributed by atoms with Crippen LogP contribution in [0.25, 0.3) is 0 Å². The third-order valence-electron chi connectivity index (χ3n) is 5.01. The molecule has 1 amide bonds. The molecule has 1 aliphatic heterocycles. The summed E-state index contributed by atoms with van der Waals surface area (Å²) in [4.78, 5) is 35.2. The molecule has 3 rings (SSSR count). The Morgan fingerprint density at radius 1 is 1.22 bits per heavy atom. The Morgan fingerprint density at radius 3 is 2.56 bits per heavy atom. The quantitative estimate of drug-likeness (QED) is 0.559. The lowest BCUT2D eigenvalue weighted by molar-refractivity contribution is -0.156. The van der Waals surface area contributed by atoms with Gasteiger partial charge < -0.3 is 26.0 Å². The monoisotopic (exact) mass is 440 g/mol. The van der Waals surface area contributed by atoms with Crippen molar-refractivity contribution in [3.8, 4) is 0 Å². The smallest absolute Gasteiger partial charge is 0.325 e. The van der Waals surface area contributed by atoms with E-state index in [0.29, 0.717) is 11.5 Å². The molecule has 1 saturated heterocycles. The fourth-order valence-electron chi connectivity index (χ4n) is 3.47. The molecule has 0 aliphatic carbocycles. The summed E-state index contributed by atoms with van der Waals surface area (Å²) in [7, 11) is 0. The van der Waals surface area contributed by atoms with Gasteiger partial charge in [-0.3, -0.25) is 9.59 Å². The molecule has 0 radical (unpaired) electrons. The van der Waals surface area contributed by atoms with Crippen molar-refractivity contribution in [2.45, 2.75) is 51.3 Å². The van der Waals surface area contributed by atoms with Crippen LogP contribution in [-0.4, -0.2) is 59.2 Å². The predicted molar refractivity (Wildman–Crippen MR) is 123 cm³/mol. The maximum Gasteiger partial charge on any atom is 0.325 e. The van der Waals surface area contributed by atoms with Crippen molar-refractivity contribution in [2.75, 3.05) is 29.9 Å². The van der Waals surface area contributed by atoms with Crippen LogP contribution in [0.2, 0.25) is 0 Å². The van der Waals surface area contributed by atoms with Crippen molar-refractivity contribution in [1.82, 2.24) is 15.3 Å². The van der Waals surface area contributed by atoms with Gasteiger partial charge in [0.15, 0.2) is 0 Å². The van der Waals surface area contributed by atoms with Gasteiger partial charge in [0.1, 0.15) is 11.6 Å². The van der Waals surface area contributed by atoms with Crippen molar-refractivity contribution in [1.29, 1.82) is 0 Å². The minimum atomic E-state index is -0.913. The second-order valence-corrected chi connectivity index (χ2v) is 8.90. The van der Waals surface area contributed by atoms with E-state index in [1.54, 1.807) is 51.4 Å². The molecular weight excluding hydrogens is 408 g/mol. The first-order valence-electron chi connectivity index (χ1n) is 10.9. The fraction of sp³-hybridized carbons (Fsp3) is 0.478. The normalized spacial score (nSPS) is 17.4.